The van der Waals surface area contributed by atoms with E-state index in [2.05, 4.69) is 396 Å². The van der Waals surface area contributed by atoms with Gasteiger partial charge in [0.2, 0.25) is 0 Å². The zero-order valence-corrected chi connectivity index (χ0v) is 77.5. The minimum absolute atomic E-state index is 0.706. The Kier molecular flexibility index (Phi) is 19.7. The van der Waals surface area contributed by atoms with E-state index in [4.69, 9.17) is 43.2 Å². The minimum atomic E-state index is 0.706. The van der Waals surface area contributed by atoms with Gasteiger partial charge in [-0.15, -0.1) is 0 Å². The van der Waals surface area contributed by atoms with Gasteiger partial charge >= 0.3 is 0 Å². The first-order valence-corrected chi connectivity index (χ1v) is 48.5. The lowest BCUT2D eigenvalue weighted by Crippen LogP contribution is -1.95. The van der Waals surface area contributed by atoms with Crippen LogP contribution in [0.15, 0.2) is 505 Å². The molecule has 672 valence electrons. The molecule has 0 N–H and O–H groups in total. The first-order chi connectivity index (χ1) is 71.4. The number of furan rings is 3. The molecule has 9 aromatic heterocycles. The molecule has 0 atom stereocenters. The van der Waals surface area contributed by atoms with Crippen LogP contribution >= 0.6 is 0 Å². The molecule has 0 aliphatic heterocycles. The minimum Gasteiger partial charge on any atom is -0.456 e. The molecule has 21 aromatic carbocycles. The maximum atomic E-state index is 6.64. The summed E-state index contributed by atoms with van der Waals surface area (Å²) in [5.74, 6) is 2.12. The van der Waals surface area contributed by atoms with E-state index in [1.54, 1.807) is 0 Å². The molecule has 0 aliphatic rings. The summed E-state index contributed by atoms with van der Waals surface area (Å²) in [6, 6.07) is 172. The van der Waals surface area contributed by atoms with Gasteiger partial charge in [0, 0.05) is 149 Å². The van der Waals surface area contributed by atoms with E-state index in [9.17, 15) is 0 Å². The fourth-order valence-electron chi connectivity index (χ4n) is 21.7. The number of para-hydroxylation sites is 6. The SMILES string of the molecule is c1ccc(-c2ccc3c(c2)c2ccccc2n3-c2ccc3c(c2)oc2cccc(-c4nc(-c5ccccc5)nc5ccccc45)c23)cc1.c1ccc(-c2ccc3c4ccccc4n(-c4ccc5c(c4)oc4cccc(-c6nc(-c7ccccc7)nc7ccccc67)c45)c3c2)cc1.c1ccc(-c2nc(-c3cccc4oc5cc(-n6c7ccccc7c7c(-c8ccccc8)cccc76)ccc5c34)c3ccccc3n2)cc1. The second kappa shape index (κ2) is 34.3. The monoisotopic (exact) mass is 1840 g/mol. The molecule has 9 heterocycles. The van der Waals surface area contributed by atoms with Crippen LogP contribution in [0.4, 0.5) is 0 Å². The Morgan fingerprint density at radius 3 is 0.861 bits per heavy atom. The van der Waals surface area contributed by atoms with E-state index in [-0.39, 0.29) is 0 Å². The van der Waals surface area contributed by atoms with Crippen LogP contribution in [0.1, 0.15) is 0 Å². The third-order valence-corrected chi connectivity index (χ3v) is 28.2. The molecule has 30 rings (SSSR count). The molecule has 0 amide bonds. The Morgan fingerprint density at radius 2 is 0.438 bits per heavy atom. The predicted molar refractivity (Wildman–Crippen MR) is 592 cm³/mol. The topological polar surface area (TPSA) is 132 Å². The highest BCUT2D eigenvalue weighted by atomic mass is 16.3. The zero-order valence-electron chi connectivity index (χ0n) is 77.5. The maximum Gasteiger partial charge on any atom is 0.160 e. The third-order valence-electron chi connectivity index (χ3n) is 28.2. The lowest BCUT2D eigenvalue weighted by atomic mass is 9.99. The van der Waals surface area contributed by atoms with Gasteiger partial charge in [0.05, 0.1) is 66.7 Å². The van der Waals surface area contributed by atoms with Crippen molar-refractivity contribution in [3.8, 4) is 118 Å². The lowest BCUT2D eigenvalue weighted by Gasteiger charge is -2.11. The van der Waals surface area contributed by atoms with E-state index in [0.717, 1.165) is 199 Å². The molecule has 144 heavy (non-hydrogen) atoms. The molecule has 30 aromatic rings. The van der Waals surface area contributed by atoms with Crippen LogP contribution in [-0.4, -0.2) is 43.6 Å². The Morgan fingerprint density at radius 1 is 0.146 bits per heavy atom. The molecule has 0 spiro atoms. The maximum absolute atomic E-state index is 6.64. The molecule has 0 aliphatic carbocycles. The normalized spacial score (nSPS) is 11.8. The van der Waals surface area contributed by atoms with Crippen LogP contribution in [0, 0.1) is 0 Å². The highest BCUT2D eigenvalue weighted by Gasteiger charge is 2.27. The summed E-state index contributed by atoms with van der Waals surface area (Å²) in [5, 5.41) is 16.7. The average molecular weight is 1840 g/mol. The number of aromatic nitrogens is 9. The molecule has 0 radical (unpaired) electrons. The summed E-state index contributed by atoms with van der Waals surface area (Å²) in [4.78, 5) is 30.4. The van der Waals surface area contributed by atoms with Crippen LogP contribution in [0.3, 0.4) is 0 Å². The van der Waals surface area contributed by atoms with Crippen molar-refractivity contribution in [2.24, 2.45) is 0 Å². The first-order valence-electron chi connectivity index (χ1n) is 48.5. The van der Waals surface area contributed by atoms with Gasteiger partial charge in [-0.1, -0.05) is 358 Å². The highest BCUT2D eigenvalue weighted by molar-refractivity contribution is 6.21. The van der Waals surface area contributed by atoms with Crippen LogP contribution in [-0.2, 0) is 0 Å². The zero-order chi connectivity index (χ0) is 94.8. The van der Waals surface area contributed by atoms with Gasteiger partial charge in [-0.3, -0.25) is 0 Å². The Hall–Kier alpha value is -19.6. The van der Waals surface area contributed by atoms with Gasteiger partial charge in [-0.2, -0.15) is 0 Å². The number of fused-ring (bicyclic) bond motifs is 21. The van der Waals surface area contributed by atoms with Crippen molar-refractivity contribution in [2.45, 2.75) is 0 Å². The van der Waals surface area contributed by atoms with Crippen molar-refractivity contribution >= 4 is 164 Å². The van der Waals surface area contributed by atoms with E-state index in [1.807, 2.05) is 109 Å². The second-order valence-electron chi connectivity index (χ2n) is 36.5. The van der Waals surface area contributed by atoms with Crippen molar-refractivity contribution in [3.05, 3.63) is 491 Å². The summed E-state index contributed by atoms with van der Waals surface area (Å²) in [6.45, 7) is 0. The predicted octanol–water partition coefficient (Wildman–Crippen LogP) is 34.9. The van der Waals surface area contributed by atoms with Crippen molar-refractivity contribution in [1.29, 1.82) is 0 Å². The van der Waals surface area contributed by atoms with E-state index < -0.39 is 0 Å². The number of hydrogen-bond donors (Lipinski definition) is 0. The van der Waals surface area contributed by atoms with Crippen molar-refractivity contribution in [3.63, 3.8) is 0 Å². The number of benzene rings is 21. The number of hydrogen-bond acceptors (Lipinski definition) is 9. The second-order valence-corrected chi connectivity index (χ2v) is 36.5. The summed E-state index contributed by atoms with van der Waals surface area (Å²) in [5.41, 5.74) is 33.8. The van der Waals surface area contributed by atoms with Gasteiger partial charge in [-0.25, -0.2) is 29.9 Å². The molecule has 0 saturated heterocycles. The Labute approximate surface area is 824 Å². The number of nitrogens with zero attached hydrogens (tertiary/aromatic N) is 9. The van der Waals surface area contributed by atoms with Crippen LogP contribution < -0.4 is 0 Å². The average Bonchev–Trinajstić information content (AvgIpc) is 1.57. The fourth-order valence-corrected chi connectivity index (χ4v) is 21.7. The summed E-state index contributed by atoms with van der Waals surface area (Å²) >= 11 is 0. The molecule has 0 fully saturated rings. The van der Waals surface area contributed by atoms with Crippen molar-refractivity contribution in [2.75, 3.05) is 0 Å². The quantitative estimate of drug-likeness (QED) is 0.117. The van der Waals surface area contributed by atoms with Crippen LogP contribution in [0.2, 0.25) is 0 Å². The summed E-state index contributed by atoms with van der Waals surface area (Å²) in [7, 11) is 0. The molecular formula is C132H81N9O3. The lowest BCUT2D eigenvalue weighted by molar-refractivity contribution is 0.668. The van der Waals surface area contributed by atoms with Crippen LogP contribution in [0.5, 0.6) is 0 Å². The standard InChI is InChI=1S/3C44H27N3O/c1-3-13-28(14-4-1)31-19-11-23-38-41(31)33-18-8-10-22-37(33)47(38)30-25-26-34-40(27-30)48-39-24-12-20-35(42(34)39)43-32-17-7-9-21-36(32)45-44(46-43)29-15-5-2-6-16-29;1-3-12-28(13-4-1)30-22-25-39-36(26-30)32-16-8-10-20-38(32)47(39)31-23-24-34-41(27-31)48-40-21-11-18-35(42(34)40)43-33-17-7-9-19-37(33)45-44(46-43)29-14-5-2-6-15-29;1-3-12-28(13-4-1)30-22-24-33-32-16-8-10-20-38(32)47(39(33)26-30)31-23-25-35-41(27-31)48-40-21-11-18-36(42(35)40)43-34-17-7-9-19-37(34)45-44(46-43)29-14-5-2-6-15-29/h3*1-27H. The molecular weight excluding hydrogens is 1760 g/mol. The highest BCUT2D eigenvalue weighted by Crippen LogP contribution is 2.48. The Balaban J connectivity index is 0.000000105. The van der Waals surface area contributed by atoms with Crippen LogP contribution in [0.25, 0.3) is 282 Å². The van der Waals surface area contributed by atoms with Gasteiger partial charge in [0.15, 0.2) is 17.5 Å². The van der Waals surface area contributed by atoms with Gasteiger partial charge in [0.25, 0.3) is 0 Å². The van der Waals surface area contributed by atoms with E-state index in [1.165, 1.54) is 65.7 Å². The van der Waals surface area contributed by atoms with E-state index in [0.29, 0.717) is 17.5 Å². The summed E-state index contributed by atoms with van der Waals surface area (Å²) in [6.07, 6.45) is 0. The molecule has 0 saturated carbocycles. The first kappa shape index (κ1) is 82.7. The molecule has 12 heteroatoms. The third kappa shape index (κ3) is 14.0. The largest absolute Gasteiger partial charge is 0.456 e. The van der Waals surface area contributed by atoms with Crippen molar-refractivity contribution < 1.29 is 13.3 Å². The van der Waals surface area contributed by atoms with E-state index >= 15 is 0 Å². The van der Waals surface area contributed by atoms with Crippen molar-refractivity contribution in [1.82, 2.24) is 43.6 Å². The van der Waals surface area contributed by atoms with Gasteiger partial charge in [-0.05, 0) is 149 Å². The number of rotatable bonds is 12. The van der Waals surface area contributed by atoms with Gasteiger partial charge < -0.3 is 27.0 Å². The fraction of sp³-hybridized carbons (Fsp3) is 0. The van der Waals surface area contributed by atoms with Gasteiger partial charge in [0.1, 0.15) is 33.5 Å². The Bertz CT molecular complexity index is 10100. The molecule has 0 bridgehead atoms. The molecule has 0 unspecified atom stereocenters. The summed E-state index contributed by atoms with van der Waals surface area (Å²) < 4.78 is 27.0. The molecule has 12 nitrogen and oxygen atoms in total. The smallest absolute Gasteiger partial charge is 0.160 e.